The Kier molecular flexibility index (Phi) is 8.57. The van der Waals surface area contributed by atoms with Crippen molar-refractivity contribution in [3.05, 3.63) is 68.0 Å². The first kappa shape index (κ1) is 25.3. The summed E-state index contributed by atoms with van der Waals surface area (Å²) >= 11 is 10.8. The van der Waals surface area contributed by atoms with Crippen LogP contribution in [0.3, 0.4) is 0 Å². The first-order valence-electron chi connectivity index (χ1n) is 10.5. The average Bonchev–Trinajstić information content (AvgIpc) is 3.18. The highest BCUT2D eigenvalue weighted by molar-refractivity contribution is 9.10. The Morgan fingerprint density at radius 2 is 1.88 bits per heavy atom. The molecule has 0 unspecified atom stereocenters. The van der Waals surface area contributed by atoms with Gasteiger partial charge in [0, 0.05) is 20.4 Å². The number of nitrogens with one attached hydrogen (secondary N) is 1. The van der Waals surface area contributed by atoms with E-state index in [1.54, 1.807) is 19.1 Å². The van der Waals surface area contributed by atoms with Crippen molar-refractivity contribution in [1.29, 1.82) is 0 Å². The second-order valence-corrected chi connectivity index (χ2v) is 9.88. The van der Waals surface area contributed by atoms with Crippen molar-refractivity contribution in [3.63, 3.8) is 0 Å². The van der Waals surface area contributed by atoms with Crippen LogP contribution in [0.1, 0.15) is 48.2 Å². The third kappa shape index (κ3) is 6.16. The van der Waals surface area contributed by atoms with E-state index < -0.39 is 5.97 Å². The molecule has 0 fully saturated rings. The van der Waals surface area contributed by atoms with Crippen molar-refractivity contribution in [2.75, 3.05) is 18.5 Å². The summed E-state index contributed by atoms with van der Waals surface area (Å²) in [4.78, 5) is 25.4. The number of aryl methyl sites for hydroxylation is 1. The zero-order valence-corrected chi connectivity index (χ0v) is 22.0. The number of thiophene rings is 1. The maximum Gasteiger partial charge on any atom is 0.341 e. The molecule has 0 saturated heterocycles. The number of ether oxygens (including phenoxy) is 2. The number of anilines is 1. The minimum atomic E-state index is -0.495. The molecule has 33 heavy (non-hydrogen) atoms. The maximum atomic E-state index is 12.7. The number of hydrogen-bond donors (Lipinski definition) is 1. The second-order valence-electron chi connectivity index (χ2n) is 7.71. The summed E-state index contributed by atoms with van der Waals surface area (Å²) in [6.45, 7) is 7.89. The van der Waals surface area contributed by atoms with Crippen LogP contribution in [0.2, 0.25) is 5.02 Å². The molecule has 1 N–H and O–H groups in total. The van der Waals surface area contributed by atoms with E-state index in [9.17, 15) is 9.59 Å². The van der Waals surface area contributed by atoms with Gasteiger partial charge in [-0.15, -0.1) is 11.3 Å². The molecular formula is C25H25BrClNO4S. The van der Waals surface area contributed by atoms with Gasteiger partial charge < -0.3 is 14.8 Å². The molecule has 0 aliphatic carbocycles. The fourth-order valence-corrected chi connectivity index (χ4v) is 4.71. The summed E-state index contributed by atoms with van der Waals surface area (Å²) in [6, 6.07) is 11.1. The largest absolute Gasteiger partial charge is 0.483 e. The van der Waals surface area contributed by atoms with Crippen molar-refractivity contribution in [2.24, 2.45) is 0 Å². The summed E-state index contributed by atoms with van der Waals surface area (Å²) in [6.07, 6.45) is 0. The zero-order chi connectivity index (χ0) is 24.1. The Balaban J connectivity index is 1.82. The van der Waals surface area contributed by atoms with E-state index in [-0.39, 0.29) is 25.0 Å². The van der Waals surface area contributed by atoms with Crippen molar-refractivity contribution < 1.29 is 19.1 Å². The minimum Gasteiger partial charge on any atom is -0.483 e. The number of benzene rings is 2. The molecule has 8 heteroatoms. The molecule has 0 aliphatic rings. The molecule has 3 aromatic rings. The van der Waals surface area contributed by atoms with Gasteiger partial charge in [0.2, 0.25) is 0 Å². The molecule has 0 atom stereocenters. The van der Waals surface area contributed by atoms with Gasteiger partial charge in [-0.2, -0.15) is 0 Å². The third-order valence-corrected chi connectivity index (χ3v) is 6.95. The van der Waals surface area contributed by atoms with Gasteiger partial charge in [0.05, 0.1) is 6.61 Å². The smallest absolute Gasteiger partial charge is 0.341 e. The molecule has 0 radical (unpaired) electrons. The third-order valence-electron chi connectivity index (χ3n) is 4.95. The summed E-state index contributed by atoms with van der Waals surface area (Å²) in [5.74, 6) is 0.0417. The van der Waals surface area contributed by atoms with Gasteiger partial charge >= 0.3 is 5.97 Å². The van der Waals surface area contributed by atoms with E-state index in [1.807, 2.05) is 36.6 Å². The van der Waals surface area contributed by atoms with Gasteiger partial charge in [-0.3, -0.25) is 4.79 Å². The van der Waals surface area contributed by atoms with Crippen LogP contribution in [0, 0.1) is 6.92 Å². The predicted molar refractivity (Wildman–Crippen MR) is 138 cm³/mol. The Hall–Kier alpha value is -2.35. The number of rotatable bonds is 8. The summed E-state index contributed by atoms with van der Waals surface area (Å²) in [7, 11) is 0. The standard InChI is InChI=1S/C25H25BrClNO4S/c1-5-31-25(30)23-19(16-6-8-17(27)9-7-16)13-33-24(23)28-22(29)12-32-21-10-15(4)20(26)11-18(21)14(2)3/h6-11,13-14H,5,12H2,1-4H3,(H,28,29). The van der Waals surface area contributed by atoms with Crippen LogP contribution < -0.4 is 10.1 Å². The second kappa shape index (κ2) is 11.2. The lowest BCUT2D eigenvalue weighted by atomic mass is 10.0. The maximum absolute atomic E-state index is 12.7. The van der Waals surface area contributed by atoms with Gasteiger partial charge in [-0.05, 0) is 60.7 Å². The van der Waals surface area contributed by atoms with Crippen molar-refractivity contribution >= 4 is 55.7 Å². The number of carbonyl (C=O) groups excluding carboxylic acids is 2. The van der Waals surface area contributed by atoms with E-state index in [0.717, 1.165) is 21.2 Å². The minimum absolute atomic E-state index is 0.183. The highest BCUT2D eigenvalue weighted by Gasteiger charge is 2.23. The number of esters is 1. The highest BCUT2D eigenvalue weighted by atomic mass is 79.9. The molecule has 0 aliphatic heterocycles. The fourth-order valence-electron chi connectivity index (χ4n) is 3.25. The summed E-state index contributed by atoms with van der Waals surface area (Å²) < 4.78 is 12.1. The van der Waals surface area contributed by atoms with Crippen LogP contribution in [0.15, 0.2) is 46.3 Å². The van der Waals surface area contributed by atoms with E-state index in [0.29, 0.717) is 26.9 Å². The zero-order valence-electron chi connectivity index (χ0n) is 18.8. The number of halogens is 2. The SMILES string of the molecule is CCOC(=O)c1c(-c2ccc(Cl)cc2)csc1NC(=O)COc1cc(C)c(Br)cc1C(C)C. The van der Waals surface area contributed by atoms with Gasteiger partial charge in [0.15, 0.2) is 6.61 Å². The van der Waals surface area contributed by atoms with Crippen LogP contribution in [0.4, 0.5) is 5.00 Å². The first-order chi connectivity index (χ1) is 15.7. The van der Waals surface area contributed by atoms with E-state index >= 15 is 0 Å². The van der Waals surface area contributed by atoms with E-state index in [2.05, 4.69) is 35.1 Å². The number of carbonyl (C=O) groups is 2. The lowest BCUT2D eigenvalue weighted by Gasteiger charge is -2.16. The Labute approximate surface area is 211 Å². The highest BCUT2D eigenvalue weighted by Crippen LogP contribution is 2.37. The summed E-state index contributed by atoms with van der Waals surface area (Å²) in [5, 5.41) is 5.65. The van der Waals surface area contributed by atoms with E-state index in [4.69, 9.17) is 21.1 Å². The van der Waals surface area contributed by atoms with Crippen LogP contribution in [0.25, 0.3) is 11.1 Å². The number of amides is 1. The van der Waals surface area contributed by atoms with Crippen molar-refractivity contribution in [1.82, 2.24) is 0 Å². The van der Waals surface area contributed by atoms with Gasteiger partial charge in [0.25, 0.3) is 5.91 Å². The summed E-state index contributed by atoms with van der Waals surface area (Å²) in [5.41, 5.74) is 3.83. The molecule has 174 valence electrons. The molecule has 1 amide bonds. The molecule has 0 saturated carbocycles. The van der Waals surface area contributed by atoms with Gasteiger partial charge in [-0.25, -0.2) is 4.79 Å². The monoisotopic (exact) mass is 549 g/mol. The van der Waals surface area contributed by atoms with Crippen LogP contribution in [-0.2, 0) is 9.53 Å². The average molecular weight is 551 g/mol. The first-order valence-corrected chi connectivity index (χ1v) is 12.5. The molecular weight excluding hydrogens is 526 g/mol. The molecule has 0 spiro atoms. The molecule has 5 nitrogen and oxygen atoms in total. The fraction of sp³-hybridized carbons (Fsp3) is 0.280. The molecule has 3 rings (SSSR count). The number of hydrogen-bond acceptors (Lipinski definition) is 5. The Morgan fingerprint density at radius 3 is 2.52 bits per heavy atom. The van der Waals surface area contributed by atoms with Crippen LogP contribution in [-0.4, -0.2) is 25.1 Å². The predicted octanol–water partition coefficient (Wildman–Crippen LogP) is 7.46. The Morgan fingerprint density at radius 1 is 1.18 bits per heavy atom. The van der Waals surface area contributed by atoms with E-state index in [1.165, 1.54) is 11.3 Å². The van der Waals surface area contributed by atoms with Gasteiger partial charge in [-0.1, -0.05) is 53.5 Å². The topological polar surface area (TPSA) is 64.6 Å². The van der Waals surface area contributed by atoms with Crippen LogP contribution in [0.5, 0.6) is 5.75 Å². The van der Waals surface area contributed by atoms with Gasteiger partial charge in [0.1, 0.15) is 16.3 Å². The molecule has 0 bridgehead atoms. The van der Waals surface area contributed by atoms with Crippen molar-refractivity contribution in [3.8, 4) is 16.9 Å². The lowest BCUT2D eigenvalue weighted by Crippen LogP contribution is -2.21. The molecule has 1 heterocycles. The molecule has 1 aromatic heterocycles. The van der Waals surface area contributed by atoms with Crippen molar-refractivity contribution in [2.45, 2.75) is 33.6 Å². The van der Waals surface area contributed by atoms with Crippen LogP contribution >= 0.6 is 38.9 Å². The normalized spacial score (nSPS) is 10.9. The quantitative estimate of drug-likeness (QED) is 0.296. The Bertz CT molecular complexity index is 1160. The molecule has 2 aromatic carbocycles. The lowest BCUT2D eigenvalue weighted by molar-refractivity contribution is -0.118.